The number of phenolic OH excluding ortho intramolecular Hbond substituents is 1. The predicted octanol–water partition coefficient (Wildman–Crippen LogP) is 5.63. The number of oxazole rings is 1. The Labute approximate surface area is 178 Å². The van der Waals surface area contributed by atoms with Gasteiger partial charge in [0, 0.05) is 27.9 Å². The molecule has 0 saturated carbocycles. The zero-order valence-corrected chi connectivity index (χ0v) is 17.2. The maximum Gasteiger partial charge on any atom is 0.274 e. The van der Waals surface area contributed by atoms with E-state index in [1.165, 1.54) is 19.4 Å². The van der Waals surface area contributed by atoms with Crippen LogP contribution in [0.5, 0.6) is 11.5 Å². The maximum absolute atomic E-state index is 11.1. The fourth-order valence-electron chi connectivity index (χ4n) is 2.83. The summed E-state index contributed by atoms with van der Waals surface area (Å²) in [7, 11) is 1.32. The number of ether oxygens (including phenoxy) is 1. The van der Waals surface area contributed by atoms with Crippen LogP contribution in [-0.4, -0.2) is 28.3 Å². The molecule has 0 fully saturated rings. The van der Waals surface area contributed by atoms with Crippen molar-refractivity contribution in [2.75, 3.05) is 7.11 Å². The van der Waals surface area contributed by atoms with Crippen molar-refractivity contribution in [2.24, 2.45) is 4.99 Å². The molecular weight excluding hydrogens is 454 g/mol. The first-order valence-electron chi connectivity index (χ1n) is 8.70. The van der Waals surface area contributed by atoms with E-state index in [4.69, 9.17) is 9.15 Å². The zero-order chi connectivity index (χ0) is 21.3. The molecule has 1 N–H and O–H groups in total. The van der Waals surface area contributed by atoms with Gasteiger partial charge in [0.15, 0.2) is 17.1 Å². The summed E-state index contributed by atoms with van der Waals surface area (Å²) in [5.41, 5.74) is 2.56. The molecule has 0 aliphatic rings. The number of nitro benzene ring substituents is 1. The molecule has 1 heterocycles. The van der Waals surface area contributed by atoms with E-state index < -0.39 is 4.92 Å². The van der Waals surface area contributed by atoms with Crippen molar-refractivity contribution >= 4 is 44.6 Å². The van der Waals surface area contributed by atoms with Crippen LogP contribution in [0.4, 0.5) is 11.4 Å². The number of aromatic hydroxyl groups is 1. The number of fused-ring (bicyclic) bond motifs is 1. The molecule has 0 saturated heterocycles. The third kappa shape index (κ3) is 3.87. The van der Waals surface area contributed by atoms with Gasteiger partial charge in [0.2, 0.25) is 5.89 Å². The molecule has 8 nitrogen and oxygen atoms in total. The molecule has 0 unspecified atom stereocenters. The van der Waals surface area contributed by atoms with Crippen molar-refractivity contribution in [2.45, 2.75) is 0 Å². The molecule has 30 heavy (non-hydrogen) atoms. The van der Waals surface area contributed by atoms with Crippen LogP contribution in [0.1, 0.15) is 5.56 Å². The van der Waals surface area contributed by atoms with Crippen LogP contribution in [0.25, 0.3) is 22.6 Å². The van der Waals surface area contributed by atoms with Crippen LogP contribution >= 0.6 is 15.9 Å². The summed E-state index contributed by atoms with van der Waals surface area (Å²) < 4.78 is 11.7. The zero-order valence-electron chi connectivity index (χ0n) is 15.6. The third-order valence-electron chi connectivity index (χ3n) is 4.33. The van der Waals surface area contributed by atoms with Gasteiger partial charge in [0.05, 0.1) is 23.8 Å². The first kappa shape index (κ1) is 19.6. The highest BCUT2D eigenvalue weighted by Gasteiger charge is 2.16. The lowest BCUT2D eigenvalue weighted by atomic mass is 10.1. The van der Waals surface area contributed by atoms with Crippen LogP contribution in [0.3, 0.4) is 0 Å². The van der Waals surface area contributed by atoms with Gasteiger partial charge < -0.3 is 14.3 Å². The average molecular weight is 468 g/mol. The molecule has 0 radical (unpaired) electrons. The van der Waals surface area contributed by atoms with Crippen molar-refractivity contribution in [3.05, 3.63) is 74.7 Å². The lowest BCUT2D eigenvalue weighted by Gasteiger charge is -2.05. The lowest BCUT2D eigenvalue weighted by Crippen LogP contribution is -1.94. The smallest absolute Gasteiger partial charge is 0.274 e. The van der Waals surface area contributed by atoms with E-state index in [9.17, 15) is 15.2 Å². The first-order valence-corrected chi connectivity index (χ1v) is 9.50. The molecule has 4 rings (SSSR count). The van der Waals surface area contributed by atoms with Crippen LogP contribution in [-0.2, 0) is 0 Å². The van der Waals surface area contributed by atoms with Crippen LogP contribution < -0.4 is 4.74 Å². The third-order valence-corrected chi connectivity index (χ3v) is 4.86. The van der Waals surface area contributed by atoms with Crippen LogP contribution in [0.15, 0.2) is 68.5 Å². The number of phenols is 1. The molecule has 150 valence electrons. The fourth-order valence-corrected chi connectivity index (χ4v) is 3.09. The number of aromatic nitrogens is 1. The van der Waals surface area contributed by atoms with Crippen molar-refractivity contribution < 1.29 is 19.2 Å². The molecule has 0 aliphatic heterocycles. The number of nitro groups is 1. The molecule has 0 spiro atoms. The molecule has 9 heteroatoms. The second kappa shape index (κ2) is 7.96. The molecule has 0 amide bonds. The Morgan fingerprint density at radius 3 is 2.67 bits per heavy atom. The van der Waals surface area contributed by atoms with Gasteiger partial charge in [0.1, 0.15) is 5.52 Å². The van der Waals surface area contributed by atoms with Crippen molar-refractivity contribution in [3.8, 4) is 23.0 Å². The van der Waals surface area contributed by atoms with Crippen molar-refractivity contribution in [1.29, 1.82) is 0 Å². The van der Waals surface area contributed by atoms with Gasteiger partial charge in [-0.1, -0.05) is 15.9 Å². The van der Waals surface area contributed by atoms with E-state index in [1.54, 1.807) is 18.2 Å². The van der Waals surface area contributed by atoms with E-state index in [1.807, 2.05) is 24.3 Å². The SMILES string of the molecule is COc1cc([N+](=O)[O-])cc(C=Nc2ccc3oc(-c4ccc(Br)cc4)nc3c2)c1O. The lowest BCUT2D eigenvalue weighted by molar-refractivity contribution is -0.385. The van der Waals surface area contributed by atoms with Crippen molar-refractivity contribution in [1.82, 2.24) is 4.98 Å². The minimum Gasteiger partial charge on any atom is -0.504 e. The minimum atomic E-state index is -0.565. The monoisotopic (exact) mass is 467 g/mol. The summed E-state index contributed by atoms with van der Waals surface area (Å²) in [5.74, 6) is 0.253. The number of methoxy groups -OCH3 is 1. The largest absolute Gasteiger partial charge is 0.504 e. The Morgan fingerprint density at radius 1 is 1.20 bits per heavy atom. The number of hydrogen-bond donors (Lipinski definition) is 1. The normalized spacial score (nSPS) is 11.3. The molecular formula is C21H14BrN3O5. The summed E-state index contributed by atoms with van der Waals surface area (Å²) in [6.07, 6.45) is 1.34. The Hall–Kier alpha value is -3.72. The molecule has 0 aliphatic carbocycles. The Balaban J connectivity index is 1.67. The highest BCUT2D eigenvalue weighted by atomic mass is 79.9. The van der Waals surface area contributed by atoms with E-state index in [0.717, 1.165) is 16.1 Å². The molecule has 0 atom stereocenters. The van der Waals surface area contributed by atoms with E-state index in [2.05, 4.69) is 25.9 Å². The van der Waals surface area contributed by atoms with Gasteiger partial charge in [-0.3, -0.25) is 15.1 Å². The summed E-state index contributed by atoms with van der Waals surface area (Å²) >= 11 is 3.40. The minimum absolute atomic E-state index is 0.00302. The van der Waals surface area contributed by atoms with E-state index in [0.29, 0.717) is 22.7 Å². The van der Waals surface area contributed by atoms with Gasteiger partial charge in [-0.15, -0.1) is 0 Å². The topological polar surface area (TPSA) is 111 Å². The second-order valence-corrected chi connectivity index (χ2v) is 7.19. The Bertz CT molecular complexity index is 1280. The van der Waals surface area contributed by atoms with E-state index in [-0.39, 0.29) is 22.7 Å². The molecule has 1 aromatic heterocycles. The summed E-state index contributed by atoms with van der Waals surface area (Å²) in [6.45, 7) is 0. The number of halogens is 1. The number of hydrogen-bond acceptors (Lipinski definition) is 7. The number of non-ortho nitro benzene ring substituents is 1. The van der Waals surface area contributed by atoms with Gasteiger partial charge in [-0.25, -0.2) is 4.98 Å². The van der Waals surface area contributed by atoms with Crippen molar-refractivity contribution in [3.63, 3.8) is 0 Å². The van der Waals surface area contributed by atoms with Gasteiger partial charge in [-0.05, 0) is 42.5 Å². The predicted molar refractivity (Wildman–Crippen MR) is 116 cm³/mol. The number of benzene rings is 3. The number of rotatable bonds is 5. The quantitative estimate of drug-likeness (QED) is 0.231. The highest BCUT2D eigenvalue weighted by molar-refractivity contribution is 9.10. The fraction of sp³-hybridized carbons (Fsp3) is 0.0476. The highest BCUT2D eigenvalue weighted by Crippen LogP contribution is 2.34. The Morgan fingerprint density at radius 2 is 1.97 bits per heavy atom. The average Bonchev–Trinajstić information content (AvgIpc) is 3.16. The number of nitrogens with zero attached hydrogens (tertiary/aromatic N) is 3. The molecule has 3 aromatic carbocycles. The molecule has 4 aromatic rings. The Kier molecular flexibility index (Phi) is 5.20. The summed E-state index contributed by atoms with van der Waals surface area (Å²) in [5, 5.41) is 21.3. The first-order chi connectivity index (χ1) is 14.4. The number of aliphatic imine (C=N–C) groups is 1. The van der Waals surface area contributed by atoms with Crippen LogP contribution in [0.2, 0.25) is 0 Å². The van der Waals surface area contributed by atoms with Gasteiger partial charge >= 0.3 is 0 Å². The summed E-state index contributed by atoms with van der Waals surface area (Å²) in [6, 6.07) is 15.2. The standard InChI is InChI=1S/C21H14BrN3O5/c1-29-19-10-16(25(27)28)8-13(20(19)26)11-23-15-6-7-18-17(9-15)24-21(30-18)12-2-4-14(22)5-3-12/h2-11,26H,1H3. The van der Waals surface area contributed by atoms with Crippen LogP contribution in [0, 0.1) is 10.1 Å². The summed E-state index contributed by atoms with van der Waals surface area (Å²) in [4.78, 5) is 19.3. The van der Waals surface area contributed by atoms with Gasteiger partial charge in [-0.2, -0.15) is 0 Å². The second-order valence-electron chi connectivity index (χ2n) is 6.28. The maximum atomic E-state index is 11.1. The van der Waals surface area contributed by atoms with E-state index >= 15 is 0 Å². The molecule has 0 bridgehead atoms. The van der Waals surface area contributed by atoms with Gasteiger partial charge in [0.25, 0.3) is 5.69 Å².